The van der Waals surface area contributed by atoms with Gasteiger partial charge in [-0.3, -0.25) is 9.59 Å². The Morgan fingerprint density at radius 3 is 2.16 bits per heavy atom. The minimum absolute atomic E-state index is 0.189. The van der Waals surface area contributed by atoms with E-state index >= 15 is 0 Å². The summed E-state index contributed by atoms with van der Waals surface area (Å²) in [5, 5.41) is 5.65. The van der Waals surface area contributed by atoms with E-state index in [4.69, 9.17) is 0 Å². The Hall–Kier alpha value is -3.47. The SMILES string of the molecule is CC(C)(C)[C@H](NC(=O)C[CH]c1ccc(-c2ccccc2)cc1)C(=O)Nc1ccccn1. The molecule has 0 saturated carbocycles. The number of aromatic nitrogens is 1. The first-order valence-corrected chi connectivity index (χ1v) is 10.3. The van der Waals surface area contributed by atoms with Crippen LogP contribution in [-0.2, 0) is 9.59 Å². The van der Waals surface area contributed by atoms with Crippen molar-refractivity contribution in [2.45, 2.75) is 33.2 Å². The number of carbonyl (C=O) groups is 2. The fourth-order valence-electron chi connectivity index (χ4n) is 3.18. The number of carbonyl (C=O) groups excluding carboxylic acids is 2. The zero-order chi connectivity index (χ0) is 22.3. The van der Waals surface area contributed by atoms with Crippen molar-refractivity contribution in [2.75, 3.05) is 5.32 Å². The van der Waals surface area contributed by atoms with Gasteiger partial charge in [-0.2, -0.15) is 0 Å². The van der Waals surface area contributed by atoms with Gasteiger partial charge < -0.3 is 10.6 Å². The molecule has 2 amide bonds. The fourth-order valence-corrected chi connectivity index (χ4v) is 3.18. The van der Waals surface area contributed by atoms with Crippen molar-refractivity contribution in [1.82, 2.24) is 10.3 Å². The number of nitrogens with one attached hydrogen (secondary N) is 2. The van der Waals surface area contributed by atoms with E-state index in [2.05, 4.69) is 27.8 Å². The van der Waals surface area contributed by atoms with Crippen molar-refractivity contribution in [3.63, 3.8) is 0 Å². The summed E-state index contributed by atoms with van der Waals surface area (Å²) in [6.45, 7) is 5.76. The maximum absolute atomic E-state index is 12.8. The van der Waals surface area contributed by atoms with Crippen molar-refractivity contribution >= 4 is 17.6 Å². The summed E-state index contributed by atoms with van der Waals surface area (Å²) in [5.41, 5.74) is 2.78. The number of hydrogen-bond acceptors (Lipinski definition) is 3. The third-order valence-corrected chi connectivity index (χ3v) is 4.89. The van der Waals surface area contributed by atoms with Crippen molar-refractivity contribution in [1.29, 1.82) is 0 Å². The van der Waals surface area contributed by atoms with Crippen LogP contribution in [0.2, 0.25) is 0 Å². The van der Waals surface area contributed by atoms with Crippen LogP contribution in [0.15, 0.2) is 79.0 Å². The van der Waals surface area contributed by atoms with Gasteiger partial charge in [0.2, 0.25) is 11.8 Å². The topological polar surface area (TPSA) is 71.1 Å². The summed E-state index contributed by atoms with van der Waals surface area (Å²) in [6, 6.07) is 22.8. The van der Waals surface area contributed by atoms with Crippen molar-refractivity contribution in [3.05, 3.63) is 91.0 Å². The highest BCUT2D eigenvalue weighted by Gasteiger charge is 2.32. The Bertz CT molecular complexity index is 994. The first-order chi connectivity index (χ1) is 14.8. The molecule has 1 aromatic heterocycles. The van der Waals surface area contributed by atoms with Crippen LogP contribution in [0.25, 0.3) is 11.1 Å². The Morgan fingerprint density at radius 1 is 0.903 bits per heavy atom. The van der Waals surface area contributed by atoms with E-state index < -0.39 is 11.5 Å². The molecule has 3 rings (SSSR count). The van der Waals surface area contributed by atoms with Gasteiger partial charge in [0, 0.05) is 12.6 Å². The molecule has 1 atom stereocenters. The highest BCUT2D eigenvalue weighted by Crippen LogP contribution is 2.22. The fraction of sp³-hybridized carbons (Fsp3) is 0.231. The highest BCUT2D eigenvalue weighted by atomic mass is 16.2. The van der Waals surface area contributed by atoms with Gasteiger partial charge in [0.15, 0.2) is 0 Å². The van der Waals surface area contributed by atoms with E-state index in [1.54, 1.807) is 24.4 Å². The molecule has 0 aliphatic rings. The number of nitrogens with zero attached hydrogens (tertiary/aromatic N) is 1. The Kier molecular flexibility index (Phi) is 7.19. The number of hydrogen-bond donors (Lipinski definition) is 2. The summed E-state index contributed by atoms with van der Waals surface area (Å²) in [6.07, 6.45) is 3.66. The second-order valence-electron chi connectivity index (χ2n) is 8.47. The standard InChI is InChI=1S/C26H28N3O2/c1-26(2,3)24(25(31)28-22-11-7-8-18-27-22)29-23(30)17-14-19-12-15-21(16-13-19)20-9-5-4-6-10-20/h4-16,18,24H,17H2,1-3H3,(H,29,30)(H,27,28,31)/t24-/m1/s1. The largest absolute Gasteiger partial charge is 0.344 e. The average molecular weight is 415 g/mol. The molecule has 3 aromatic rings. The molecule has 0 bridgehead atoms. The van der Waals surface area contributed by atoms with E-state index in [0.29, 0.717) is 5.82 Å². The van der Waals surface area contributed by atoms with E-state index in [-0.39, 0.29) is 18.2 Å². The zero-order valence-corrected chi connectivity index (χ0v) is 18.1. The molecule has 31 heavy (non-hydrogen) atoms. The predicted octanol–water partition coefficient (Wildman–Crippen LogP) is 4.86. The molecule has 2 aromatic carbocycles. The molecule has 0 fully saturated rings. The Balaban J connectivity index is 1.57. The second kappa shape index (κ2) is 10.0. The van der Waals surface area contributed by atoms with Gasteiger partial charge in [0.1, 0.15) is 11.9 Å². The first kappa shape index (κ1) is 22.2. The molecule has 0 saturated heterocycles. The molecule has 1 heterocycles. The second-order valence-corrected chi connectivity index (χ2v) is 8.47. The predicted molar refractivity (Wildman–Crippen MR) is 124 cm³/mol. The van der Waals surface area contributed by atoms with Gasteiger partial charge in [-0.15, -0.1) is 0 Å². The van der Waals surface area contributed by atoms with Crippen molar-refractivity contribution < 1.29 is 9.59 Å². The smallest absolute Gasteiger partial charge is 0.248 e. The molecule has 1 radical (unpaired) electrons. The molecule has 159 valence electrons. The summed E-state index contributed by atoms with van der Waals surface area (Å²) < 4.78 is 0. The third-order valence-electron chi connectivity index (χ3n) is 4.89. The van der Waals surface area contributed by atoms with Gasteiger partial charge in [0.25, 0.3) is 0 Å². The van der Waals surface area contributed by atoms with Crippen LogP contribution in [0, 0.1) is 11.8 Å². The lowest BCUT2D eigenvalue weighted by molar-refractivity contribution is -0.128. The zero-order valence-electron chi connectivity index (χ0n) is 18.1. The van der Waals surface area contributed by atoms with Crippen LogP contribution in [0.5, 0.6) is 0 Å². The van der Waals surface area contributed by atoms with Crippen LogP contribution in [-0.4, -0.2) is 22.8 Å². The number of rotatable bonds is 7. The summed E-state index contributed by atoms with van der Waals surface area (Å²) >= 11 is 0. The number of amides is 2. The first-order valence-electron chi connectivity index (χ1n) is 10.3. The van der Waals surface area contributed by atoms with E-state index in [0.717, 1.165) is 16.7 Å². The van der Waals surface area contributed by atoms with Gasteiger partial charge in [-0.1, -0.05) is 81.4 Å². The molecule has 2 N–H and O–H groups in total. The molecule has 0 spiro atoms. The number of anilines is 1. The number of benzene rings is 2. The quantitative estimate of drug-likeness (QED) is 0.580. The summed E-state index contributed by atoms with van der Waals surface area (Å²) in [7, 11) is 0. The lowest BCUT2D eigenvalue weighted by Crippen LogP contribution is -2.51. The van der Waals surface area contributed by atoms with Gasteiger partial charge >= 0.3 is 0 Å². The lowest BCUT2D eigenvalue weighted by Gasteiger charge is -2.30. The van der Waals surface area contributed by atoms with Gasteiger partial charge in [-0.25, -0.2) is 4.98 Å². The Labute approximate surface area is 183 Å². The monoisotopic (exact) mass is 414 g/mol. The minimum Gasteiger partial charge on any atom is -0.344 e. The molecule has 0 aliphatic heterocycles. The van der Waals surface area contributed by atoms with Gasteiger partial charge in [-0.05, 0) is 40.7 Å². The van der Waals surface area contributed by atoms with Crippen LogP contribution in [0.3, 0.4) is 0 Å². The Morgan fingerprint density at radius 2 is 1.55 bits per heavy atom. The van der Waals surface area contributed by atoms with Gasteiger partial charge in [0.05, 0.1) is 0 Å². The minimum atomic E-state index is -0.684. The summed E-state index contributed by atoms with van der Waals surface area (Å²) in [5.74, 6) is -0.0314. The van der Waals surface area contributed by atoms with Crippen molar-refractivity contribution in [2.24, 2.45) is 5.41 Å². The van der Waals surface area contributed by atoms with Crippen LogP contribution < -0.4 is 10.6 Å². The normalized spacial score (nSPS) is 12.1. The van der Waals surface area contributed by atoms with Crippen molar-refractivity contribution in [3.8, 4) is 11.1 Å². The molecular weight excluding hydrogens is 386 g/mol. The maximum Gasteiger partial charge on any atom is 0.248 e. The number of pyridine rings is 1. The van der Waals surface area contributed by atoms with E-state index in [1.165, 1.54) is 0 Å². The van der Waals surface area contributed by atoms with Crippen LogP contribution in [0.1, 0.15) is 32.8 Å². The molecular formula is C26H28N3O2. The summed E-state index contributed by atoms with van der Waals surface area (Å²) in [4.78, 5) is 29.5. The third kappa shape index (κ3) is 6.51. The van der Waals surface area contributed by atoms with Crippen LogP contribution in [0.4, 0.5) is 5.82 Å². The lowest BCUT2D eigenvalue weighted by atomic mass is 9.86. The maximum atomic E-state index is 12.8. The molecule has 5 nitrogen and oxygen atoms in total. The van der Waals surface area contributed by atoms with E-state index in [9.17, 15) is 9.59 Å². The van der Waals surface area contributed by atoms with Crippen LogP contribution >= 0.6 is 0 Å². The molecule has 0 aliphatic carbocycles. The van der Waals surface area contributed by atoms with E-state index in [1.807, 2.05) is 69.7 Å². The molecule has 5 heteroatoms. The average Bonchev–Trinajstić information content (AvgIpc) is 2.77. The molecule has 0 unspecified atom stereocenters. The highest BCUT2D eigenvalue weighted by molar-refractivity contribution is 5.97.